The molecule has 1 amide bonds. The Labute approximate surface area is 168 Å². The van der Waals surface area contributed by atoms with Crippen molar-refractivity contribution in [1.82, 2.24) is 15.1 Å². The predicted molar refractivity (Wildman–Crippen MR) is 106 cm³/mol. The van der Waals surface area contributed by atoms with Gasteiger partial charge in [0.05, 0.1) is 6.54 Å². The number of benzene rings is 1. The molecule has 4 rings (SSSR count). The number of amides is 1. The monoisotopic (exact) mass is 476 g/mol. The molecule has 3 fully saturated rings. The van der Waals surface area contributed by atoms with Crippen LogP contribution in [0.15, 0.2) is 23.2 Å². The Balaban J connectivity index is 0.00000196. The van der Waals surface area contributed by atoms with E-state index in [0.717, 1.165) is 19.4 Å². The van der Waals surface area contributed by atoms with Gasteiger partial charge in [-0.2, -0.15) is 0 Å². The minimum Gasteiger partial charge on any atom is -0.353 e. The maximum absolute atomic E-state index is 13.9. The molecule has 8 heteroatoms. The SMILES string of the molecule is CN=C(NC1CC1c1c(F)cccc1F)N1CCN(C2CC2)C(=O)C1.I. The summed E-state index contributed by atoms with van der Waals surface area (Å²) in [5, 5.41) is 3.27. The van der Waals surface area contributed by atoms with Gasteiger partial charge < -0.3 is 15.1 Å². The molecular weight excluding hydrogens is 453 g/mol. The van der Waals surface area contributed by atoms with Crippen molar-refractivity contribution in [3.8, 4) is 0 Å². The minimum absolute atomic E-state index is 0. The van der Waals surface area contributed by atoms with Gasteiger partial charge in [-0.15, -0.1) is 24.0 Å². The average Bonchev–Trinajstić information content (AvgIpc) is 3.48. The zero-order chi connectivity index (χ0) is 17.6. The smallest absolute Gasteiger partial charge is 0.242 e. The lowest BCUT2D eigenvalue weighted by atomic mass is 10.1. The van der Waals surface area contributed by atoms with Gasteiger partial charge in [-0.1, -0.05) is 6.07 Å². The molecule has 2 unspecified atom stereocenters. The summed E-state index contributed by atoms with van der Waals surface area (Å²) in [6.45, 7) is 1.75. The number of carbonyl (C=O) groups is 1. The molecule has 5 nitrogen and oxygen atoms in total. The van der Waals surface area contributed by atoms with Crippen molar-refractivity contribution in [2.45, 2.75) is 37.3 Å². The van der Waals surface area contributed by atoms with E-state index in [1.807, 2.05) is 9.80 Å². The zero-order valence-electron chi connectivity index (χ0n) is 14.6. The molecule has 1 heterocycles. The fourth-order valence-electron chi connectivity index (χ4n) is 3.64. The first-order chi connectivity index (χ1) is 12.1. The average molecular weight is 476 g/mol. The Morgan fingerprint density at radius 3 is 2.50 bits per heavy atom. The number of nitrogens with zero attached hydrogens (tertiary/aromatic N) is 3. The lowest BCUT2D eigenvalue weighted by molar-refractivity contribution is -0.135. The molecule has 0 aromatic heterocycles. The van der Waals surface area contributed by atoms with E-state index in [-0.39, 0.29) is 47.4 Å². The van der Waals surface area contributed by atoms with E-state index >= 15 is 0 Å². The van der Waals surface area contributed by atoms with Gasteiger partial charge in [-0.25, -0.2) is 8.78 Å². The molecule has 1 aromatic carbocycles. The van der Waals surface area contributed by atoms with Crippen LogP contribution in [-0.4, -0.2) is 60.4 Å². The number of piperazine rings is 1. The maximum atomic E-state index is 13.9. The van der Waals surface area contributed by atoms with E-state index in [2.05, 4.69) is 10.3 Å². The molecule has 3 aliphatic rings. The molecule has 2 aliphatic carbocycles. The van der Waals surface area contributed by atoms with E-state index in [1.54, 1.807) is 7.05 Å². The summed E-state index contributed by atoms with van der Waals surface area (Å²) in [4.78, 5) is 20.4. The Morgan fingerprint density at radius 2 is 1.92 bits per heavy atom. The van der Waals surface area contributed by atoms with Gasteiger partial charge in [0.1, 0.15) is 11.6 Å². The summed E-state index contributed by atoms with van der Waals surface area (Å²) in [6.07, 6.45) is 2.88. The highest BCUT2D eigenvalue weighted by atomic mass is 127. The topological polar surface area (TPSA) is 47.9 Å². The first-order valence-electron chi connectivity index (χ1n) is 8.80. The number of carbonyl (C=O) groups excluding carboxylic acids is 1. The second kappa shape index (κ2) is 7.66. The van der Waals surface area contributed by atoms with Gasteiger partial charge in [-0.3, -0.25) is 9.79 Å². The number of aliphatic imine (C=N–C) groups is 1. The molecule has 1 saturated heterocycles. The fourth-order valence-corrected chi connectivity index (χ4v) is 3.64. The standard InChI is InChI=1S/C18H22F2N4O.HI/c1-21-18(23-7-8-24(11-5-6-11)16(25)10-23)22-15-9-12(15)17-13(19)3-2-4-14(17)20;/h2-4,11-12,15H,5-10H2,1H3,(H,21,22);1H. The second-order valence-electron chi connectivity index (χ2n) is 7.02. The third-order valence-electron chi connectivity index (χ3n) is 5.23. The van der Waals surface area contributed by atoms with Crippen LogP contribution in [-0.2, 0) is 4.79 Å². The molecule has 0 radical (unpaired) electrons. The van der Waals surface area contributed by atoms with Crippen molar-refractivity contribution in [1.29, 1.82) is 0 Å². The fraction of sp³-hybridized carbons (Fsp3) is 0.556. The van der Waals surface area contributed by atoms with Crippen LogP contribution >= 0.6 is 24.0 Å². The summed E-state index contributed by atoms with van der Waals surface area (Å²) in [7, 11) is 1.67. The van der Waals surface area contributed by atoms with Crippen LogP contribution in [0.1, 0.15) is 30.7 Å². The van der Waals surface area contributed by atoms with Crippen LogP contribution in [0.4, 0.5) is 8.78 Å². The van der Waals surface area contributed by atoms with Crippen LogP contribution in [0.5, 0.6) is 0 Å². The molecule has 1 aromatic rings. The van der Waals surface area contributed by atoms with Crippen molar-refractivity contribution in [2.75, 3.05) is 26.7 Å². The normalized spacial score (nSPS) is 25.8. The first kappa shape index (κ1) is 19.3. The minimum atomic E-state index is -0.502. The lowest BCUT2D eigenvalue weighted by Crippen LogP contribution is -2.56. The van der Waals surface area contributed by atoms with Crippen molar-refractivity contribution < 1.29 is 13.6 Å². The summed E-state index contributed by atoms with van der Waals surface area (Å²) in [5.41, 5.74) is 0.144. The number of rotatable bonds is 3. The van der Waals surface area contributed by atoms with Gasteiger partial charge >= 0.3 is 0 Å². The number of halogens is 3. The Morgan fingerprint density at radius 1 is 1.23 bits per heavy atom. The Kier molecular flexibility index (Phi) is 5.69. The Bertz CT molecular complexity index is 705. The summed E-state index contributed by atoms with van der Waals surface area (Å²) in [5.74, 6) is -0.436. The van der Waals surface area contributed by atoms with Crippen molar-refractivity contribution >= 4 is 35.8 Å². The zero-order valence-corrected chi connectivity index (χ0v) is 17.0. The quantitative estimate of drug-likeness (QED) is 0.414. The van der Waals surface area contributed by atoms with Crippen molar-refractivity contribution in [3.05, 3.63) is 35.4 Å². The number of nitrogens with one attached hydrogen (secondary N) is 1. The van der Waals surface area contributed by atoms with Crippen LogP contribution < -0.4 is 5.32 Å². The number of hydrogen-bond donors (Lipinski definition) is 1. The molecule has 26 heavy (non-hydrogen) atoms. The van der Waals surface area contributed by atoms with E-state index in [9.17, 15) is 13.6 Å². The van der Waals surface area contributed by atoms with Crippen molar-refractivity contribution in [3.63, 3.8) is 0 Å². The Hall–Kier alpha value is -1.45. The van der Waals surface area contributed by atoms with Gasteiger partial charge in [0.25, 0.3) is 0 Å². The van der Waals surface area contributed by atoms with E-state index in [0.29, 0.717) is 31.5 Å². The molecular formula is C18H23F2IN4O. The molecule has 2 saturated carbocycles. The second-order valence-corrected chi connectivity index (χ2v) is 7.02. The van der Waals surface area contributed by atoms with Gasteiger partial charge in [0.2, 0.25) is 5.91 Å². The first-order valence-corrected chi connectivity index (χ1v) is 8.80. The van der Waals surface area contributed by atoms with Crippen LogP contribution in [0, 0.1) is 11.6 Å². The molecule has 1 N–H and O–H groups in total. The molecule has 2 atom stereocenters. The molecule has 0 bridgehead atoms. The summed E-state index contributed by atoms with van der Waals surface area (Å²) in [6, 6.07) is 4.34. The number of hydrogen-bond acceptors (Lipinski definition) is 2. The van der Waals surface area contributed by atoms with Gasteiger partial charge in [0, 0.05) is 43.7 Å². The van der Waals surface area contributed by atoms with E-state index < -0.39 is 11.6 Å². The van der Waals surface area contributed by atoms with Gasteiger partial charge in [0.15, 0.2) is 5.96 Å². The van der Waals surface area contributed by atoms with E-state index in [4.69, 9.17) is 0 Å². The molecule has 1 aliphatic heterocycles. The van der Waals surface area contributed by atoms with Crippen LogP contribution in [0.3, 0.4) is 0 Å². The summed E-state index contributed by atoms with van der Waals surface area (Å²) < 4.78 is 27.8. The highest BCUT2D eigenvalue weighted by Gasteiger charge is 2.43. The summed E-state index contributed by atoms with van der Waals surface area (Å²) >= 11 is 0. The van der Waals surface area contributed by atoms with Crippen LogP contribution in [0.2, 0.25) is 0 Å². The highest BCUT2D eigenvalue weighted by Crippen LogP contribution is 2.43. The molecule has 142 valence electrons. The lowest BCUT2D eigenvalue weighted by Gasteiger charge is -2.36. The van der Waals surface area contributed by atoms with Gasteiger partial charge in [-0.05, 0) is 31.4 Å². The number of guanidine groups is 1. The molecule has 0 spiro atoms. The van der Waals surface area contributed by atoms with Crippen molar-refractivity contribution in [2.24, 2.45) is 4.99 Å². The third kappa shape index (κ3) is 3.79. The van der Waals surface area contributed by atoms with Crippen LogP contribution in [0.25, 0.3) is 0 Å². The third-order valence-corrected chi connectivity index (χ3v) is 5.23. The largest absolute Gasteiger partial charge is 0.353 e. The highest BCUT2D eigenvalue weighted by molar-refractivity contribution is 14.0. The maximum Gasteiger partial charge on any atom is 0.242 e. The van der Waals surface area contributed by atoms with E-state index in [1.165, 1.54) is 18.2 Å². The predicted octanol–water partition coefficient (Wildman–Crippen LogP) is 2.32.